The van der Waals surface area contributed by atoms with Crippen LogP contribution in [0.2, 0.25) is 0 Å². The van der Waals surface area contributed by atoms with Crippen LogP contribution in [0.5, 0.6) is 0 Å². The third kappa shape index (κ3) is 1.59. The van der Waals surface area contributed by atoms with E-state index in [0.29, 0.717) is 16.4 Å². The molecule has 3 fully saturated rings. The summed E-state index contributed by atoms with van der Waals surface area (Å²) in [5, 5.41) is 11.4. The molecule has 3 aliphatic rings. The quantitative estimate of drug-likeness (QED) is 0.745. The molecule has 0 radical (unpaired) electrons. The van der Waals surface area contributed by atoms with Gasteiger partial charge in [0.25, 0.3) is 0 Å². The Bertz CT molecular complexity index is 267. The Morgan fingerprint density at radius 1 is 1.00 bits per heavy atom. The first-order valence-corrected chi connectivity index (χ1v) is 7.58. The van der Waals surface area contributed by atoms with Gasteiger partial charge in [0.05, 0.1) is 5.60 Å². The highest BCUT2D eigenvalue weighted by molar-refractivity contribution is 7.86. The van der Waals surface area contributed by atoms with Gasteiger partial charge in [-0.1, -0.05) is 12.8 Å². The van der Waals surface area contributed by atoms with Crippen LogP contribution in [-0.4, -0.2) is 25.4 Å². The molecule has 2 nitrogen and oxygen atoms in total. The van der Waals surface area contributed by atoms with Gasteiger partial charge in [0.1, 0.15) is 0 Å². The van der Waals surface area contributed by atoms with Crippen molar-refractivity contribution < 1.29 is 9.32 Å². The molecule has 0 aromatic heterocycles. The Hall–Kier alpha value is 0.110. The van der Waals surface area contributed by atoms with Crippen molar-refractivity contribution in [3.63, 3.8) is 0 Å². The van der Waals surface area contributed by atoms with E-state index < -0.39 is 16.4 Å². The van der Waals surface area contributed by atoms with Crippen LogP contribution in [-0.2, 0) is 10.8 Å². The molecule has 3 rings (SSSR count). The predicted octanol–water partition coefficient (Wildman–Crippen LogP) is 1.98. The van der Waals surface area contributed by atoms with E-state index in [4.69, 9.17) is 0 Å². The van der Waals surface area contributed by atoms with Crippen LogP contribution >= 0.6 is 0 Å². The summed E-state index contributed by atoms with van der Waals surface area (Å²) < 4.78 is 11.9. The van der Waals surface area contributed by atoms with Gasteiger partial charge in [0.15, 0.2) is 0 Å². The number of hydrogen-bond donors (Lipinski definition) is 1. The molecule has 3 heteroatoms. The van der Waals surface area contributed by atoms with Crippen molar-refractivity contribution in [2.75, 3.05) is 0 Å². The van der Waals surface area contributed by atoms with Crippen LogP contribution in [0, 0.1) is 5.92 Å². The number of fused-ring (bicyclic) bond motifs is 2. The van der Waals surface area contributed by atoms with Crippen molar-refractivity contribution in [3.05, 3.63) is 0 Å². The van der Waals surface area contributed by atoms with E-state index in [1.54, 1.807) is 0 Å². The summed E-state index contributed by atoms with van der Waals surface area (Å²) in [6.45, 7) is 0. The minimum Gasteiger partial charge on any atom is -0.390 e. The Kier molecular flexibility index (Phi) is 2.44. The fourth-order valence-electron chi connectivity index (χ4n) is 3.91. The van der Waals surface area contributed by atoms with E-state index >= 15 is 0 Å². The van der Waals surface area contributed by atoms with E-state index in [9.17, 15) is 9.32 Å². The maximum absolute atomic E-state index is 11.9. The number of hydrogen-bond acceptors (Lipinski definition) is 2. The summed E-state index contributed by atoms with van der Waals surface area (Å²) in [6.07, 6.45) is 8.78. The zero-order chi connectivity index (χ0) is 10.5. The molecule has 2 atom stereocenters. The molecule has 0 aromatic carbocycles. The van der Waals surface area contributed by atoms with Crippen molar-refractivity contribution >= 4 is 10.8 Å². The Labute approximate surface area is 93.9 Å². The van der Waals surface area contributed by atoms with Crippen molar-refractivity contribution in [1.29, 1.82) is 0 Å². The molecule has 1 saturated carbocycles. The van der Waals surface area contributed by atoms with Crippen molar-refractivity contribution in [1.82, 2.24) is 0 Å². The van der Waals surface area contributed by atoms with Gasteiger partial charge in [-0.15, -0.1) is 0 Å². The second-order valence-electron chi connectivity index (χ2n) is 5.64. The molecule has 0 aromatic rings. The highest BCUT2D eigenvalue weighted by Crippen LogP contribution is 2.48. The second-order valence-corrected chi connectivity index (χ2v) is 7.63. The fraction of sp³-hybridized carbons (Fsp3) is 1.00. The third-order valence-corrected chi connectivity index (χ3v) is 6.86. The maximum Gasteiger partial charge on any atom is 0.0698 e. The lowest BCUT2D eigenvalue weighted by Crippen LogP contribution is -2.47. The Morgan fingerprint density at radius 3 is 2.07 bits per heavy atom. The van der Waals surface area contributed by atoms with E-state index in [2.05, 4.69) is 0 Å². The first kappa shape index (κ1) is 10.3. The first-order chi connectivity index (χ1) is 7.19. The summed E-state index contributed by atoms with van der Waals surface area (Å²) in [5.74, 6) is 0.512. The van der Waals surface area contributed by atoms with Crippen molar-refractivity contribution in [3.8, 4) is 0 Å². The van der Waals surface area contributed by atoms with E-state index in [0.717, 1.165) is 25.7 Å². The molecule has 0 spiro atoms. The van der Waals surface area contributed by atoms with Crippen LogP contribution in [0.3, 0.4) is 0 Å². The molecule has 1 aliphatic carbocycles. The van der Waals surface area contributed by atoms with Gasteiger partial charge in [0.2, 0.25) is 0 Å². The van der Waals surface area contributed by atoms with E-state index in [-0.39, 0.29) is 0 Å². The Balaban J connectivity index is 1.80. The average molecular weight is 228 g/mol. The minimum atomic E-state index is -0.625. The van der Waals surface area contributed by atoms with Crippen LogP contribution < -0.4 is 0 Å². The van der Waals surface area contributed by atoms with Gasteiger partial charge in [-0.25, -0.2) is 0 Å². The molecule has 1 N–H and O–H groups in total. The van der Waals surface area contributed by atoms with E-state index in [1.165, 1.54) is 25.7 Å². The molecular weight excluding hydrogens is 208 g/mol. The Morgan fingerprint density at radius 2 is 1.53 bits per heavy atom. The zero-order valence-corrected chi connectivity index (χ0v) is 9.97. The lowest BCUT2D eigenvalue weighted by Gasteiger charge is -2.40. The number of rotatable bonds is 1. The largest absolute Gasteiger partial charge is 0.390 e. The summed E-state index contributed by atoms with van der Waals surface area (Å²) >= 11 is 0. The molecule has 2 heterocycles. The highest BCUT2D eigenvalue weighted by Gasteiger charge is 2.51. The van der Waals surface area contributed by atoms with Crippen LogP contribution in [0.1, 0.15) is 51.4 Å². The molecular formula is C12H20O2S. The van der Waals surface area contributed by atoms with Gasteiger partial charge in [0, 0.05) is 21.3 Å². The van der Waals surface area contributed by atoms with Crippen LogP contribution in [0.15, 0.2) is 0 Å². The molecule has 2 saturated heterocycles. The summed E-state index contributed by atoms with van der Waals surface area (Å²) in [7, 11) is -0.625. The SMILES string of the molecule is O=S1C2CCC1CC(O)(C1CCCC1)C2. The molecule has 0 amide bonds. The highest BCUT2D eigenvalue weighted by atomic mass is 32.2. The van der Waals surface area contributed by atoms with Crippen molar-refractivity contribution in [2.24, 2.45) is 5.92 Å². The average Bonchev–Trinajstić information content (AvgIpc) is 2.79. The second kappa shape index (κ2) is 3.56. The normalized spacial score (nSPS) is 51.1. The predicted molar refractivity (Wildman–Crippen MR) is 61.1 cm³/mol. The first-order valence-electron chi connectivity index (χ1n) is 6.31. The third-order valence-electron chi connectivity index (χ3n) is 4.75. The van der Waals surface area contributed by atoms with Gasteiger partial charge < -0.3 is 5.11 Å². The zero-order valence-electron chi connectivity index (χ0n) is 9.15. The smallest absolute Gasteiger partial charge is 0.0698 e. The maximum atomic E-state index is 11.9. The van der Waals surface area contributed by atoms with Gasteiger partial charge in [-0.05, 0) is 44.4 Å². The molecule has 15 heavy (non-hydrogen) atoms. The minimum absolute atomic E-state index is 0.314. The summed E-state index contributed by atoms with van der Waals surface area (Å²) in [5.41, 5.74) is -0.448. The van der Waals surface area contributed by atoms with Gasteiger partial charge in [-0.3, -0.25) is 4.21 Å². The summed E-state index contributed by atoms with van der Waals surface area (Å²) in [4.78, 5) is 0. The van der Waals surface area contributed by atoms with E-state index in [1.807, 2.05) is 0 Å². The lowest BCUT2D eigenvalue weighted by atomic mass is 9.80. The fourth-order valence-corrected chi connectivity index (χ4v) is 6.10. The topological polar surface area (TPSA) is 37.3 Å². The van der Waals surface area contributed by atoms with Gasteiger partial charge >= 0.3 is 0 Å². The van der Waals surface area contributed by atoms with Crippen LogP contribution in [0.25, 0.3) is 0 Å². The molecule has 86 valence electrons. The van der Waals surface area contributed by atoms with Gasteiger partial charge in [-0.2, -0.15) is 0 Å². The molecule has 2 bridgehead atoms. The standard InChI is InChI=1S/C12H20O2S/c13-12(9-3-1-2-4-9)7-10-5-6-11(8-12)15(10)14/h9-11,13H,1-8H2. The lowest BCUT2D eigenvalue weighted by molar-refractivity contribution is -0.0314. The summed E-state index contributed by atoms with van der Waals surface area (Å²) in [6, 6.07) is 0. The monoisotopic (exact) mass is 228 g/mol. The van der Waals surface area contributed by atoms with Crippen molar-refractivity contribution in [2.45, 2.75) is 67.5 Å². The molecule has 2 unspecified atom stereocenters. The molecule has 2 aliphatic heterocycles. The number of aliphatic hydroxyl groups is 1. The van der Waals surface area contributed by atoms with Crippen LogP contribution in [0.4, 0.5) is 0 Å².